The molecule has 25 heavy (non-hydrogen) atoms. The monoisotopic (exact) mass is 339 g/mol. The summed E-state index contributed by atoms with van der Waals surface area (Å²) in [4.78, 5) is 19.0. The average molecular weight is 339 g/mol. The largest absolute Gasteiger partial charge is 0.496 e. The number of nitrogens with zero attached hydrogens (tertiary/aromatic N) is 2. The van der Waals surface area contributed by atoms with E-state index in [2.05, 4.69) is 27.3 Å². The molecule has 0 spiro atoms. The van der Waals surface area contributed by atoms with E-state index in [9.17, 15) is 4.79 Å². The fraction of sp³-hybridized carbons (Fsp3) is 0.400. The molecule has 0 saturated carbocycles. The van der Waals surface area contributed by atoms with Gasteiger partial charge in [-0.2, -0.15) is 0 Å². The van der Waals surface area contributed by atoms with Crippen molar-refractivity contribution in [1.82, 2.24) is 15.2 Å². The number of rotatable bonds is 6. The van der Waals surface area contributed by atoms with Crippen LogP contribution in [-0.2, 0) is 6.42 Å². The van der Waals surface area contributed by atoms with Crippen LogP contribution in [0.25, 0.3) is 0 Å². The zero-order chi connectivity index (χ0) is 17.5. The Hall–Kier alpha value is -2.40. The van der Waals surface area contributed by atoms with E-state index >= 15 is 0 Å². The number of nitrogens with one attached hydrogen (secondary N) is 1. The number of piperidine rings is 1. The summed E-state index contributed by atoms with van der Waals surface area (Å²) < 4.78 is 5.27. The first-order valence-corrected chi connectivity index (χ1v) is 8.81. The summed E-state index contributed by atoms with van der Waals surface area (Å²) in [6.07, 6.45) is 6.69. The summed E-state index contributed by atoms with van der Waals surface area (Å²) in [5, 5.41) is 3.15. The number of carbonyl (C=O) groups excluding carboxylic acids is 1. The number of amides is 1. The van der Waals surface area contributed by atoms with Crippen molar-refractivity contribution in [2.45, 2.75) is 25.3 Å². The molecule has 1 amide bonds. The van der Waals surface area contributed by atoms with E-state index in [0.717, 1.165) is 38.9 Å². The van der Waals surface area contributed by atoms with E-state index < -0.39 is 0 Å². The predicted octanol–water partition coefficient (Wildman–Crippen LogP) is 2.53. The number of pyridine rings is 1. The SMILES string of the molecule is COc1ccccc1C(=O)NC1CCN(CCc2ccncc2)CC1. The van der Waals surface area contributed by atoms with Gasteiger partial charge in [0.05, 0.1) is 12.7 Å². The first kappa shape index (κ1) is 17.4. The number of benzene rings is 1. The average Bonchev–Trinajstić information content (AvgIpc) is 2.68. The molecular formula is C20H25N3O2. The molecule has 1 aliphatic rings. The van der Waals surface area contributed by atoms with Crippen LogP contribution in [0, 0.1) is 0 Å². The van der Waals surface area contributed by atoms with E-state index in [-0.39, 0.29) is 11.9 Å². The normalized spacial score (nSPS) is 15.7. The number of aromatic nitrogens is 1. The van der Waals surface area contributed by atoms with Crippen molar-refractivity contribution in [3.05, 3.63) is 59.9 Å². The molecule has 3 rings (SSSR count). The van der Waals surface area contributed by atoms with Crippen LogP contribution in [0.2, 0.25) is 0 Å². The number of carbonyl (C=O) groups is 1. The number of hydrogen-bond donors (Lipinski definition) is 1. The van der Waals surface area contributed by atoms with E-state index in [1.807, 2.05) is 30.6 Å². The lowest BCUT2D eigenvalue weighted by Gasteiger charge is -2.32. The minimum atomic E-state index is -0.0484. The lowest BCUT2D eigenvalue weighted by Crippen LogP contribution is -2.45. The fourth-order valence-corrected chi connectivity index (χ4v) is 3.23. The summed E-state index contributed by atoms with van der Waals surface area (Å²) in [6.45, 7) is 3.08. The van der Waals surface area contributed by atoms with Crippen LogP contribution in [0.3, 0.4) is 0 Å². The molecule has 5 nitrogen and oxygen atoms in total. The topological polar surface area (TPSA) is 54.5 Å². The summed E-state index contributed by atoms with van der Waals surface area (Å²) in [5.74, 6) is 0.572. The fourth-order valence-electron chi connectivity index (χ4n) is 3.23. The van der Waals surface area contributed by atoms with Gasteiger partial charge in [0.15, 0.2) is 0 Å². The summed E-state index contributed by atoms with van der Waals surface area (Å²) >= 11 is 0. The van der Waals surface area contributed by atoms with Crippen LogP contribution in [0.15, 0.2) is 48.8 Å². The van der Waals surface area contributed by atoms with Crippen molar-refractivity contribution in [3.8, 4) is 5.75 Å². The Morgan fingerprint density at radius 3 is 2.64 bits per heavy atom. The molecule has 5 heteroatoms. The third-order valence-corrected chi connectivity index (χ3v) is 4.74. The van der Waals surface area contributed by atoms with Crippen molar-refractivity contribution in [2.75, 3.05) is 26.7 Å². The van der Waals surface area contributed by atoms with Gasteiger partial charge in [-0.25, -0.2) is 0 Å². The Bertz CT molecular complexity index is 682. The number of methoxy groups -OCH3 is 1. The van der Waals surface area contributed by atoms with E-state index in [4.69, 9.17) is 4.74 Å². The second-order valence-corrected chi connectivity index (χ2v) is 6.40. The first-order chi connectivity index (χ1) is 12.3. The zero-order valence-corrected chi connectivity index (χ0v) is 14.6. The van der Waals surface area contributed by atoms with Crippen LogP contribution in [-0.4, -0.2) is 48.6 Å². The molecule has 132 valence electrons. The highest BCUT2D eigenvalue weighted by Gasteiger charge is 2.22. The number of ether oxygens (including phenoxy) is 1. The second kappa shape index (κ2) is 8.62. The highest BCUT2D eigenvalue weighted by molar-refractivity contribution is 5.97. The Morgan fingerprint density at radius 2 is 1.92 bits per heavy atom. The Morgan fingerprint density at radius 1 is 1.20 bits per heavy atom. The van der Waals surface area contributed by atoms with E-state index in [1.165, 1.54) is 5.56 Å². The molecule has 1 saturated heterocycles. The molecule has 2 aromatic rings. The quantitative estimate of drug-likeness (QED) is 0.879. The molecular weight excluding hydrogens is 314 g/mol. The summed E-state index contributed by atoms with van der Waals surface area (Å²) in [5.41, 5.74) is 1.92. The van der Waals surface area contributed by atoms with Crippen LogP contribution in [0.5, 0.6) is 5.75 Å². The first-order valence-electron chi connectivity index (χ1n) is 8.81. The van der Waals surface area contributed by atoms with Crippen molar-refractivity contribution < 1.29 is 9.53 Å². The van der Waals surface area contributed by atoms with E-state index in [0.29, 0.717) is 11.3 Å². The molecule has 1 N–H and O–H groups in total. The van der Waals surface area contributed by atoms with Gasteiger partial charge in [-0.1, -0.05) is 12.1 Å². The van der Waals surface area contributed by atoms with Gasteiger partial charge in [-0.15, -0.1) is 0 Å². The molecule has 1 fully saturated rings. The molecule has 0 atom stereocenters. The van der Waals surface area contributed by atoms with E-state index in [1.54, 1.807) is 13.2 Å². The lowest BCUT2D eigenvalue weighted by atomic mass is 10.0. The molecule has 0 unspecified atom stereocenters. The summed E-state index contributed by atoms with van der Waals surface area (Å²) in [6, 6.07) is 11.7. The van der Waals surface area contributed by atoms with Crippen LogP contribution >= 0.6 is 0 Å². The van der Waals surface area contributed by atoms with Gasteiger partial charge in [0.2, 0.25) is 0 Å². The Labute approximate surface area is 149 Å². The van der Waals surface area contributed by atoms with Gasteiger partial charge in [0.1, 0.15) is 5.75 Å². The minimum Gasteiger partial charge on any atom is -0.496 e. The Balaban J connectivity index is 1.45. The van der Waals surface area contributed by atoms with Crippen molar-refractivity contribution >= 4 is 5.91 Å². The number of para-hydroxylation sites is 1. The van der Waals surface area contributed by atoms with Gasteiger partial charge in [-0.3, -0.25) is 9.78 Å². The van der Waals surface area contributed by atoms with Crippen LogP contribution in [0.4, 0.5) is 0 Å². The maximum Gasteiger partial charge on any atom is 0.255 e. The molecule has 1 aliphatic heterocycles. The molecule has 2 heterocycles. The maximum atomic E-state index is 12.5. The molecule has 1 aromatic heterocycles. The van der Waals surface area contributed by atoms with Gasteiger partial charge in [0, 0.05) is 38.1 Å². The number of hydrogen-bond acceptors (Lipinski definition) is 4. The smallest absolute Gasteiger partial charge is 0.255 e. The van der Waals surface area contributed by atoms with Gasteiger partial charge in [0.25, 0.3) is 5.91 Å². The molecule has 0 radical (unpaired) electrons. The standard InChI is InChI=1S/C20H25N3O2/c1-25-19-5-3-2-4-18(19)20(24)22-17-9-14-23(15-10-17)13-8-16-6-11-21-12-7-16/h2-7,11-12,17H,8-10,13-15H2,1H3,(H,22,24). The highest BCUT2D eigenvalue weighted by Crippen LogP contribution is 2.18. The lowest BCUT2D eigenvalue weighted by molar-refractivity contribution is 0.0908. The van der Waals surface area contributed by atoms with Crippen LogP contribution < -0.4 is 10.1 Å². The molecule has 0 aliphatic carbocycles. The summed E-state index contributed by atoms with van der Waals surface area (Å²) in [7, 11) is 1.59. The Kier molecular flexibility index (Phi) is 6.01. The van der Waals surface area contributed by atoms with Crippen LogP contribution in [0.1, 0.15) is 28.8 Å². The van der Waals surface area contributed by atoms with Crippen molar-refractivity contribution in [3.63, 3.8) is 0 Å². The third-order valence-electron chi connectivity index (χ3n) is 4.74. The third kappa shape index (κ3) is 4.79. The minimum absolute atomic E-state index is 0.0484. The number of likely N-dealkylation sites (tertiary alicyclic amines) is 1. The maximum absolute atomic E-state index is 12.5. The van der Waals surface area contributed by atoms with Crippen molar-refractivity contribution in [2.24, 2.45) is 0 Å². The zero-order valence-electron chi connectivity index (χ0n) is 14.6. The molecule has 0 bridgehead atoms. The predicted molar refractivity (Wildman–Crippen MR) is 97.9 cm³/mol. The molecule has 1 aromatic carbocycles. The van der Waals surface area contributed by atoms with Gasteiger partial charge < -0.3 is 15.0 Å². The second-order valence-electron chi connectivity index (χ2n) is 6.40. The highest BCUT2D eigenvalue weighted by atomic mass is 16.5. The van der Waals surface area contributed by atoms with Crippen molar-refractivity contribution in [1.29, 1.82) is 0 Å². The van der Waals surface area contributed by atoms with Gasteiger partial charge in [-0.05, 0) is 49.1 Å². The van der Waals surface area contributed by atoms with Gasteiger partial charge >= 0.3 is 0 Å².